The number of nitrogens with zero attached hydrogens (tertiary/aromatic N) is 3. The van der Waals surface area contributed by atoms with Crippen molar-refractivity contribution in [3.63, 3.8) is 0 Å². The standard InChI is InChI=1S/C23H15Cl2F4N5O3/c24-14-3-11(8-30)4-15(7-14)37-19-20(23(27,28)29)31-10-34(22(19)36)9-13-6-18(32-33-21(13)35)12-1-2-16(25)17(26)5-12/h1-5,7,10,13,18,32H,6,9H2,(H,33,35). The van der Waals surface area contributed by atoms with Crippen molar-refractivity contribution in [2.24, 2.45) is 5.92 Å². The van der Waals surface area contributed by atoms with Crippen LogP contribution in [0.2, 0.25) is 10.0 Å². The van der Waals surface area contributed by atoms with E-state index in [0.29, 0.717) is 11.9 Å². The highest BCUT2D eigenvalue weighted by Crippen LogP contribution is 2.35. The third-order valence-electron chi connectivity index (χ3n) is 5.51. The molecule has 3 aromatic rings. The minimum absolute atomic E-state index is 0.00267. The summed E-state index contributed by atoms with van der Waals surface area (Å²) in [5.41, 5.74) is 2.82. The molecule has 37 heavy (non-hydrogen) atoms. The van der Waals surface area contributed by atoms with Crippen LogP contribution in [-0.2, 0) is 17.5 Å². The molecule has 4 rings (SSSR count). The largest absolute Gasteiger partial charge is 0.449 e. The van der Waals surface area contributed by atoms with Crippen molar-refractivity contribution in [2.75, 3.05) is 0 Å². The maximum Gasteiger partial charge on any atom is 0.437 e. The van der Waals surface area contributed by atoms with Crippen LogP contribution in [0.25, 0.3) is 0 Å². The van der Waals surface area contributed by atoms with Crippen LogP contribution >= 0.6 is 23.2 Å². The van der Waals surface area contributed by atoms with Crippen molar-refractivity contribution < 1.29 is 27.1 Å². The monoisotopic (exact) mass is 555 g/mol. The molecule has 2 unspecified atom stereocenters. The number of amides is 1. The number of nitriles is 1. The normalized spacial score (nSPS) is 17.7. The SMILES string of the molecule is N#Cc1cc(Cl)cc(Oc2c(C(F)(F)F)ncn(CC3CC(c4ccc(Cl)c(F)c4)NNC3=O)c2=O)c1. The Balaban J connectivity index is 1.66. The van der Waals surface area contributed by atoms with Gasteiger partial charge in [-0.3, -0.25) is 19.6 Å². The molecule has 0 bridgehead atoms. The Hall–Kier alpha value is -3.66. The summed E-state index contributed by atoms with van der Waals surface area (Å²) in [5, 5.41) is 9.00. The maximum absolute atomic E-state index is 13.9. The van der Waals surface area contributed by atoms with Crippen LogP contribution in [0.4, 0.5) is 17.6 Å². The lowest BCUT2D eigenvalue weighted by Gasteiger charge is -2.30. The van der Waals surface area contributed by atoms with Gasteiger partial charge in [-0.2, -0.15) is 18.4 Å². The third kappa shape index (κ3) is 5.85. The molecule has 1 aliphatic heterocycles. The lowest BCUT2D eigenvalue weighted by molar-refractivity contribution is -0.142. The summed E-state index contributed by atoms with van der Waals surface area (Å²) >= 11 is 11.6. The van der Waals surface area contributed by atoms with E-state index in [1.165, 1.54) is 18.2 Å². The molecule has 1 fully saturated rings. The zero-order valence-corrected chi connectivity index (χ0v) is 20.0. The molecule has 1 aromatic heterocycles. The summed E-state index contributed by atoms with van der Waals surface area (Å²) in [7, 11) is 0. The minimum Gasteiger partial charge on any atom is -0.449 e. The van der Waals surface area contributed by atoms with Gasteiger partial charge in [-0.05, 0) is 42.3 Å². The van der Waals surface area contributed by atoms with E-state index in [2.05, 4.69) is 15.8 Å². The van der Waals surface area contributed by atoms with Gasteiger partial charge in [-0.15, -0.1) is 0 Å². The quantitative estimate of drug-likeness (QED) is 0.439. The molecule has 1 aliphatic rings. The first-order valence-corrected chi connectivity index (χ1v) is 11.3. The summed E-state index contributed by atoms with van der Waals surface area (Å²) < 4.78 is 60.8. The zero-order chi connectivity index (χ0) is 26.9. The van der Waals surface area contributed by atoms with Gasteiger partial charge >= 0.3 is 6.18 Å². The molecule has 0 radical (unpaired) electrons. The molecule has 0 spiro atoms. The molecule has 2 N–H and O–H groups in total. The molecule has 8 nitrogen and oxygen atoms in total. The fourth-order valence-corrected chi connectivity index (χ4v) is 4.10. The Morgan fingerprint density at radius 2 is 1.95 bits per heavy atom. The fraction of sp³-hybridized carbons (Fsp3) is 0.217. The minimum atomic E-state index is -5.04. The van der Waals surface area contributed by atoms with Crippen molar-refractivity contribution in [1.29, 1.82) is 5.26 Å². The highest BCUT2D eigenvalue weighted by Gasteiger charge is 2.39. The summed E-state index contributed by atoms with van der Waals surface area (Å²) in [4.78, 5) is 28.9. The summed E-state index contributed by atoms with van der Waals surface area (Å²) in [5.74, 6) is -3.53. The number of halogens is 6. The number of hydrazine groups is 1. The Labute approximate surface area is 216 Å². The first kappa shape index (κ1) is 26.4. The number of rotatable bonds is 5. The number of benzene rings is 2. The predicted molar refractivity (Wildman–Crippen MR) is 123 cm³/mol. The van der Waals surface area contributed by atoms with Crippen molar-refractivity contribution >= 4 is 29.1 Å². The molecule has 2 heterocycles. The van der Waals surface area contributed by atoms with Gasteiger partial charge in [0, 0.05) is 11.6 Å². The summed E-state index contributed by atoms with van der Waals surface area (Å²) in [6.45, 7) is -0.348. The van der Waals surface area contributed by atoms with Crippen LogP contribution in [0, 0.1) is 23.1 Å². The van der Waals surface area contributed by atoms with E-state index in [1.807, 2.05) is 0 Å². The Bertz CT molecular complexity index is 1470. The van der Waals surface area contributed by atoms with Gasteiger partial charge in [0.25, 0.3) is 5.56 Å². The van der Waals surface area contributed by atoms with Gasteiger partial charge in [0.1, 0.15) is 11.6 Å². The second-order valence-corrected chi connectivity index (χ2v) is 8.90. The van der Waals surface area contributed by atoms with E-state index in [4.69, 9.17) is 33.2 Å². The Morgan fingerprint density at radius 1 is 1.19 bits per heavy atom. The van der Waals surface area contributed by atoms with Crippen LogP contribution in [0.15, 0.2) is 47.5 Å². The van der Waals surface area contributed by atoms with Gasteiger partial charge in [-0.25, -0.2) is 14.8 Å². The molecule has 2 aromatic carbocycles. The summed E-state index contributed by atoms with van der Waals surface area (Å²) in [6.07, 6.45) is -4.29. The molecule has 1 amide bonds. The van der Waals surface area contributed by atoms with Crippen molar-refractivity contribution in [1.82, 2.24) is 20.4 Å². The Kier molecular flexibility index (Phi) is 7.40. The molecule has 2 atom stereocenters. The molecular weight excluding hydrogens is 541 g/mol. The zero-order valence-electron chi connectivity index (χ0n) is 18.4. The Morgan fingerprint density at radius 3 is 2.62 bits per heavy atom. The highest BCUT2D eigenvalue weighted by atomic mass is 35.5. The number of nitrogens with one attached hydrogen (secondary N) is 2. The number of ether oxygens (including phenoxy) is 1. The van der Waals surface area contributed by atoms with E-state index < -0.39 is 46.9 Å². The smallest absolute Gasteiger partial charge is 0.437 e. The molecular formula is C23H15Cl2F4N5O3. The van der Waals surface area contributed by atoms with E-state index in [9.17, 15) is 27.2 Å². The van der Waals surface area contributed by atoms with Crippen molar-refractivity contribution in [3.8, 4) is 17.6 Å². The predicted octanol–water partition coefficient (Wildman–Crippen LogP) is 4.75. The van der Waals surface area contributed by atoms with E-state index >= 15 is 0 Å². The van der Waals surface area contributed by atoms with Crippen LogP contribution in [0.5, 0.6) is 11.5 Å². The molecule has 192 valence electrons. The van der Waals surface area contributed by atoms with E-state index in [0.717, 1.165) is 16.7 Å². The first-order valence-electron chi connectivity index (χ1n) is 10.5. The average Bonchev–Trinajstić information content (AvgIpc) is 2.83. The summed E-state index contributed by atoms with van der Waals surface area (Å²) in [6, 6.07) is 8.81. The van der Waals surface area contributed by atoms with Gasteiger partial charge in [-0.1, -0.05) is 29.3 Å². The maximum atomic E-state index is 13.9. The van der Waals surface area contributed by atoms with Crippen LogP contribution in [0.1, 0.15) is 29.3 Å². The number of carbonyl (C=O) groups excluding carboxylic acids is 1. The van der Waals surface area contributed by atoms with Crippen LogP contribution < -0.4 is 21.1 Å². The molecule has 14 heteroatoms. The average molecular weight is 556 g/mol. The molecule has 0 saturated carbocycles. The van der Waals surface area contributed by atoms with Gasteiger partial charge in [0.2, 0.25) is 11.7 Å². The van der Waals surface area contributed by atoms with Crippen LogP contribution in [0.3, 0.4) is 0 Å². The van der Waals surface area contributed by atoms with E-state index in [-0.39, 0.29) is 34.3 Å². The van der Waals surface area contributed by atoms with Gasteiger partial charge in [0.05, 0.1) is 34.9 Å². The van der Waals surface area contributed by atoms with Crippen LogP contribution in [-0.4, -0.2) is 15.5 Å². The first-order chi connectivity index (χ1) is 17.5. The van der Waals surface area contributed by atoms with Crippen molar-refractivity contribution in [2.45, 2.75) is 25.2 Å². The fourth-order valence-electron chi connectivity index (χ4n) is 3.75. The van der Waals surface area contributed by atoms with Crippen molar-refractivity contribution in [3.05, 3.63) is 85.8 Å². The van der Waals surface area contributed by atoms with Gasteiger partial charge in [0.15, 0.2) is 5.69 Å². The lowest BCUT2D eigenvalue weighted by Crippen LogP contribution is -2.51. The lowest BCUT2D eigenvalue weighted by atomic mass is 9.92. The number of hydrogen-bond acceptors (Lipinski definition) is 6. The van der Waals surface area contributed by atoms with E-state index in [1.54, 1.807) is 12.1 Å². The number of carbonyl (C=O) groups is 1. The second kappa shape index (κ2) is 10.4. The number of alkyl halides is 3. The topological polar surface area (TPSA) is 109 Å². The molecule has 1 saturated heterocycles. The third-order valence-corrected chi connectivity index (χ3v) is 6.03. The molecule has 0 aliphatic carbocycles. The van der Waals surface area contributed by atoms with Gasteiger partial charge < -0.3 is 4.74 Å². The number of hydrogen-bond donors (Lipinski definition) is 2. The second-order valence-electron chi connectivity index (χ2n) is 8.06. The number of aromatic nitrogens is 2. The highest BCUT2D eigenvalue weighted by molar-refractivity contribution is 6.31.